The fourth-order valence-corrected chi connectivity index (χ4v) is 3.59. The Labute approximate surface area is 114 Å². The van der Waals surface area contributed by atoms with Gasteiger partial charge >= 0.3 is 0 Å². The van der Waals surface area contributed by atoms with Crippen molar-refractivity contribution in [2.75, 3.05) is 39.3 Å². The zero-order valence-corrected chi connectivity index (χ0v) is 11.9. The first kappa shape index (κ1) is 12.6. The van der Waals surface area contributed by atoms with Crippen LogP contribution in [0.25, 0.3) is 0 Å². The molecule has 1 saturated carbocycles. The number of hydrogen-bond acceptors (Lipinski definition) is 4. The van der Waals surface area contributed by atoms with E-state index in [1.54, 1.807) is 14.2 Å². The molecule has 1 atom stereocenters. The third-order valence-corrected chi connectivity index (χ3v) is 4.71. The van der Waals surface area contributed by atoms with Crippen molar-refractivity contribution in [3.05, 3.63) is 17.7 Å². The van der Waals surface area contributed by atoms with Crippen molar-refractivity contribution in [2.45, 2.75) is 18.8 Å². The maximum absolute atomic E-state index is 6.06. The van der Waals surface area contributed by atoms with Gasteiger partial charge in [0.15, 0.2) is 0 Å². The quantitative estimate of drug-likeness (QED) is 0.905. The van der Waals surface area contributed by atoms with E-state index in [0.29, 0.717) is 17.9 Å². The van der Waals surface area contributed by atoms with Crippen molar-refractivity contribution in [2.24, 2.45) is 11.1 Å². The normalized spacial score (nSPS) is 23.2. The van der Waals surface area contributed by atoms with Crippen LogP contribution in [0.15, 0.2) is 12.1 Å². The van der Waals surface area contributed by atoms with E-state index in [4.69, 9.17) is 15.2 Å². The highest BCUT2D eigenvalue weighted by molar-refractivity contribution is 5.69. The summed E-state index contributed by atoms with van der Waals surface area (Å²) in [6, 6.07) is 4.08. The molecule has 0 saturated heterocycles. The third kappa shape index (κ3) is 1.77. The van der Waals surface area contributed by atoms with Gasteiger partial charge in [-0.1, -0.05) is 0 Å². The number of hydrogen-bond donors (Lipinski definition) is 1. The van der Waals surface area contributed by atoms with E-state index >= 15 is 0 Å². The predicted molar refractivity (Wildman–Crippen MR) is 76.3 cm³/mol. The molecule has 1 aromatic rings. The highest BCUT2D eigenvalue weighted by Gasteiger charge is 2.53. The fraction of sp³-hybridized carbons (Fsp3) is 0.600. The first-order valence-corrected chi connectivity index (χ1v) is 6.82. The number of methoxy groups -OCH3 is 2. The van der Waals surface area contributed by atoms with E-state index in [9.17, 15) is 0 Å². The largest absolute Gasteiger partial charge is 0.497 e. The summed E-state index contributed by atoms with van der Waals surface area (Å²) in [5.74, 6) is 2.15. The zero-order valence-electron chi connectivity index (χ0n) is 11.9. The minimum Gasteiger partial charge on any atom is -0.497 e. The SMILES string of the molecule is COc1cc(OC)c2c(c1)C(CN)C1(CC1)CN2C. The van der Waals surface area contributed by atoms with Gasteiger partial charge in [-0.25, -0.2) is 0 Å². The zero-order chi connectivity index (χ0) is 13.6. The molecule has 0 radical (unpaired) electrons. The molecule has 0 aromatic heterocycles. The molecule has 0 amide bonds. The van der Waals surface area contributed by atoms with Crippen molar-refractivity contribution in [3.63, 3.8) is 0 Å². The number of nitrogens with two attached hydrogens (primary N) is 1. The Morgan fingerprint density at radius 3 is 2.58 bits per heavy atom. The van der Waals surface area contributed by atoms with E-state index in [2.05, 4.69) is 18.0 Å². The number of ether oxygens (including phenoxy) is 2. The van der Waals surface area contributed by atoms with Crippen LogP contribution in [0.4, 0.5) is 5.69 Å². The maximum atomic E-state index is 6.06. The summed E-state index contributed by atoms with van der Waals surface area (Å²) >= 11 is 0. The highest BCUT2D eigenvalue weighted by atomic mass is 16.5. The molecule has 1 aliphatic heterocycles. The number of anilines is 1. The fourth-order valence-electron chi connectivity index (χ4n) is 3.59. The minimum atomic E-state index is 0.383. The number of benzene rings is 1. The molecule has 1 fully saturated rings. The Bertz CT molecular complexity index is 497. The van der Waals surface area contributed by atoms with Crippen molar-refractivity contribution in [1.82, 2.24) is 0 Å². The summed E-state index contributed by atoms with van der Waals surface area (Å²) in [7, 11) is 5.54. The minimum absolute atomic E-state index is 0.383. The lowest BCUT2D eigenvalue weighted by Crippen LogP contribution is -2.39. The molecule has 2 N–H and O–H groups in total. The lowest BCUT2D eigenvalue weighted by molar-refractivity contribution is 0.365. The van der Waals surface area contributed by atoms with Crippen molar-refractivity contribution >= 4 is 5.69 Å². The van der Waals surface area contributed by atoms with Crippen LogP contribution in [0.3, 0.4) is 0 Å². The van der Waals surface area contributed by atoms with E-state index in [0.717, 1.165) is 18.0 Å². The van der Waals surface area contributed by atoms with Crippen LogP contribution in [-0.2, 0) is 0 Å². The molecular weight excluding hydrogens is 240 g/mol. The van der Waals surface area contributed by atoms with Gasteiger partial charge in [-0.2, -0.15) is 0 Å². The van der Waals surface area contributed by atoms with Gasteiger partial charge in [-0.3, -0.25) is 0 Å². The summed E-state index contributed by atoms with van der Waals surface area (Å²) in [5.41, 5.74) is 8.90. The van der Waals surface area contributed by atoms with E-state index in [1.807, 2.05) is 6.07 Å². The second-order valence-electron chi connectivity index (χ2n) is 5.77. The van der Waals surface area contributed by atoms with E-state index in [-0.39, 0.29) is 0 Å². The van der Waals surface area contributed by atoms with Crippen LogP contribution in [0, 0.1) is 5.41 Å². The molecule has 19 heavy (non-hydrogen) atoms. The molecule has 1 heterocycles. The molecule has 1 aromatic carbocycles. The maximum Gasteiger partial charge on any atom is 0.146 e. The molecule has 1 unspecified atom stereocenters. The third-order valence-electron chi connectivity index (χ3n) is 4.71. The summed E-state index contributed by atoms with van der Waals surface area (Å²) in [6.45, 7) is 1.77. The standard InChI is InChI=1S/C15H22N2O2/c1-17-9-15(4-5-15)12(8-16)11-6-10(18-2)7-13(19-3)14(11)17/h6-7,12H,4-5,8-9,16H2,1-3H3. The summed E-state index contributed by atoms with van der Waals surface area (Å²) in [4.78, 5) is 2.31. The molecule has 1 aliphatic carbocycles. The summed E-state index contributed by atoms with van der Waals surface area (Å²) < 4.78 is 10.9. The van der Waals surface area contributed by atoms with Gasteiger partial charge in [0.1, 0.15) is 11.5 Å². The Morgan fingerprint density at radius 2 is 2.05 bits per heavy atom. The number of nitrogens with zero attached hydrogens (tertiary/aromatic N) is 1. The molecule has 0 bridgehead atoms. The van der Waals surface area contributed by atoms with Crippen LogP contribution in [0.5, 0.6) is 11.5 Å². The molecule has 4 nitrogen and oxygen atoms in total. The average Bonchev–Trinajstić information content (AvgIpc) is 3.17. The van der Waals surface area contributed by atoms with E-state index in [1.165, 1.54) is 24.1 Å². The lowest BCUT2D eigenvalue weighted by Gasteiger charge is -2.40. The van der Waals surface area contributed by atoms with Crippen LogP contribution >= 0.6 is 0 Å². The van der Waals surface area contributed by atoms with Gasteiger partial charge in [0.25, 0.3) is 0 Å². The topological polar surface area (TPSA) is 47.7 Å². The van der Waals surface area contributed by atoms with Gasteiger partial charge in [0.2, 0.25) is 0 Å². The van der Waals surface area contributed by atoms with Crippen LogP contribution in [-0.4, -0.2) is 34.4 Å². The molecular formula is C15H22N2O2. The summed E-state index contributed by atoms with van der Waals surface area (Å²) in [6.07, 6.45) is 2.55. The number of rotatable bonds is 3. The Morgan fingerprint density at radius 1 is 1.32 bits per heavy atom. The predicted octanol–water partition coefficient (Wildman–Crippen LogP) is 1.98. The Kier molecular flexibility index (Phi) is 2.86. The van der Waals surface area contributed by atoms with Crippen LogP contribution < -0.4 is 20.1 Å². The number of fused-ring (bicyclic) bond motifs is 1. The van der Waals surface area contributed by atoms with Gasteiger partial charge in [-0.05, 0) is 36.4 Å². The summed E-state index contributed by atoms with van der Waals surface area (Å²) in [5, 5.41) is 0. The van der Waals surface area contributed by atoms with Crippen molar-refractivity contribution in [3.8, 4) is 11.5 Å². The second kappa shape index (κ2) is 4.30. The van der Waals surface area contributed by atoms with Crippen molar-refractivity contribution < 1.29 is 9.47 Å². The molecule has 1 spiro atoms. The smallest absolute Gasteiger partial charge is 0.146 e. The highest BCUT2D eigenvalue weighted by Crippen LogP contribution is 2.61. The second-order valence-corrected chi connectivity index (χ2v) is 5.77. The monoisotopic (exact) mass is 262 g/mol. The van der Waals surface area contributed by atoms with Crippen molar-refractivity contribution in [1.29, 1.82) is 0 Å². The van der Waals surface area contributed by atoms with Gasteiger partial charge < -0.3 is 20.1 Å². The average molecular weight is 262 g/mol. The van der Waals surface area contributed by atoms with Crippen LogP contribution in [0.2, 0.25) is 0 Å². The first-order valence-electron chi connectivity index (χ1n) is 6.82. The first-order chi connectivity index (χ1) is 9.15. The Hall–Kier alpha value is -1.42. The molecule has 104 valence electrons. The van der Waals surface area contributed by atoms with Gasteiger partial charge in [-0.15, -0.1) is 0 Å². The van der Waals surface area contributed by atoms with E-state index < -0.39 is 0 Å². The Balaban J connectivity index is 2.17. The van der Waals surface area contributed by atoms with Crippen LogP contribution in [0.1, 0.15) is 24.3 Å². The molecule has 3 rings (SSSR count). The molecule has 2 aliphatic rings. The molecule has 4 heteroatoms. The lowest BCUT2D eigenvalue weighted by atomic mass is 9.78. The van der Waals surface area contributed by atoms with Gasteiger partial charge in [0.05, 0.1) is 19.9 Å². The van der Waals surface area contributed by atoms with Gasteiger partial charge in [0, 0.05) is 25.6 Å².